The number of aliphatic hydroxyl groups excluding tert-OH is 1. The van der Waals surface area contributed by atoms with Crippen LogP contribution in [0.15, 0.2) is 18.2 Å². The number of benzene rings is 1. The highest BCUT2D eigenvalue weighted by atomic mass is 35.5. The first-order chi connectivity index (χ1) is 11.0. The number of hydrogen-bond acceptors (Lipinski definition) is 5. The van der Waals surface area contributed by atoms with Crippen molar-refractivity contribution < 1.29 is 24.2 Å². The fourth-order valence-corrected chi connectivity index (χ4v) is 2.24. The van der Waals surface area contributed by atoms with Crippen LogP contribution in [0.5, 0.6) is 5.75 Å². The molecule has 0 saturated carbocycles. The summed E-state index contributed by atoms with van der Waals surface area (Å²) < 4.78 is 9.94. The molecule has 1 amide bonds. The van der Waals surface area contributed by atoms with E-state index >= 15 is 0 Å². The quantitative estimate of drug-likeness (QED) is 0.680. The summed E-state index contributed by atoms with van der Waals surface area (Å²) in [6, 6.07) is 4.70. The molecule has 0 heterocycles. The van der Waals surface area contributed by atoms with Gasteiger partial charge in [-0.15, -0.1) is 0 Å². The van der Waals surface area contributed by atoms with Crippen LogP contribution in [0.3, 0.4) is 0 Å². The molecule has 0 radical (unpaired) electrons. The molecule has 0 aliphatic heterocycles. The van der Waals surface area contributed by atoms with Crippen molar-refractivity contribution in [2.45, 2.75) is 12.8 Å². The number of methoxy groups -OCH3 is 1. The number of esters is 1. The van der Waals surface area contributed by atoms with Crippen LogP contribution in [0.4, 0.5) is 0 Å². The van der Waals surface area contributed by atoms with Gasteiger partial charge < -0.3 is 19.5 Å². The summed E-state index contributed by atoms with van der Waals surface area (Å²) in [4.78, 5) is 24.8. The van der Waals surface area contributed by atoms with Crippen LogP contribution in [0.1, 0.15) is 12.8 Å². The summed E-state index contributed by atoms with van der Waals surface area (Å²) in [6.45, 7) is 0.243. The van der Waals surface area contributed by atoms with Gasteiger partial charge in [0.2, 0.25) is 0 Å². The topological polar surface area (TPSA) is 76.1 Å². The van der Waals surface area contributed by atoms with Gasteiger partial charge in [0.15, 0.2) is 6.61 Å². The minimum Gasteiger partial charge on any atom is -0.482 e. The van der Waals surface area contributed by atoms with Crippen molar-refractivity contribution in [3.8, 4) is 5.75 Å². The molecule has 23 heavy (non-hydrogen) atoms. The van der Waals surface area contributed by atoms with Crippen LogP contribution in [-0.2, 0) is 14.3 Å². The second kappa shape index (κ2) is 10.3. The second-order valence-corrected chi connectivity index (χ2v) is 5.49. The lowest BCUT2D eigenvalue weighted by atomic mass is 10.3. The largest absolute Gasteiger partial charge is 0.482 e. The standard InChI is InChI=1S/C15H19Cl2NO5/c1-22-15(21)5-7-18(6-2-8-19)14(20)10-23-13-4-3-11(16)9-12(13)17/h3-4,9,19H,2,5-8,10H2,1H3. The Balaban J connectivity index is 2.59. The summed E-state index contributed by atoms with van der Waals surface area (Å²) in [5.74, 6) is -0.374. The number of halogens is 2. The maximum atomic E-state index is 12.2. The molecule has 0 spiro atoms. The highest BCUT2D eigenvalue weighted by Gasteiger charge is 2.16. The van der Waals surface area contributed by atoms with Crippen LogP contribution in [0, 0.1) is 0 Å². The normalized spacial score (nSPS) is 10.3. The first kappa shape index (κ1) is 19.5. The van der Waals surface area contributed by atoms with Gasteiger partial charge >= 0.3 is 5.97 Å². The van der Waals surface area contributed by atoms with E-state index in [1.54, 1.807) is 12.1 Å². The first-order valence-electron chi connectivity index (χ1n) is 7.01. The molecule has 1 aromatic rings. The number of rotatable bonds is 9. The Morgan fingerprint density at radius 3 is 2.61 bits per heavy atom. The Morgan fingerprint density at radius 1 is 1.26 bits per heavy atom. The number of hydrogen-bond donors (Lipinski definition) is 1. The predicted molar refractivity (Wildman–Crippen MR) is 86.9 cm³/mol. The van der Waals surface area contributed by atoms with E-state index in [-0.39, 0.29) is 32.1 Å². The lowest BCUT2D eigenvalue weighted by Gasteiger charge is -2.22. The molecular formula is C15H19Cl2NO5. The lowest BCUT2D eigenvalue weighted by molar-refractivity contribution is -0.142. The smallest absolute Gasteiger partial charge is 0.307 e. The number of amides is 1. The molecule has 0 atom stereocenters. The fraction of sp³-hybridized carbons (Fsp3) is 0.467. The van der Waals surface area contributed by atoms with Gasteiger partial charge in [0.05, 0.1) is 18.6 Å². The second-order valence-electron chi connectivity index (χ2n) is 4.65. The summed E-state index contributed by atoms with van der Waals surface area (Å²) in [6.07, 6.45) is 0.490. The zero-order chi connectivity index (χ0) is 17.2. The van der Waals surface area contributed by atoms with Crippen molar-refractivity contribution in [1.82, 2.24) is 4.90 Å². The number of nitrogens with zero attached hydrogens (tertiary/aromatic N) is 1. The maximum Gasteiger partial charge on any atom is 0.307 e. The SMILES string of the molecule is COC(=O)CCN(CCCO)C(=O)COc1ccc(Cl)cc1Cl. The monoisotopic (exact) mass is 363 g/mol. The van der Waals surface area contributed by atoms with Crippen molar-refractivity contribution in [3.05, 3.63) is 28.2 Å². The average Bonchev–Trinajstić information content (AvgIpc) is 2.53. The van der Waals surface area contributed by atoms with Gasteiger partial charge in [-0.05, 0) is 24.6 Å². The van der Waals surface area contributed by atoms with Gasteiger partial charge in [0.1, 0.15) is 5.75 Å². The van der Waals surface area contributed by atoms with Gasteiger partial charge in [-0.2, -0.15) is 0 Å². The molecule has 128 valence electrons. The molecule has 8 heteroatoms. The molecule has 0 fully saturated rings. The number of carbonyl (C=O) groups excluding carboxylic acids is 2. The van der Waals surface area contributed by atoms with Crippen LogP contribution < -0.4 is 4.74 Å². The molecule has 1 N–H and O–H groups in total. The minimum atomic E-state index is -0.409. The van der Waals surface area contributed by atoms with Crippen molar-refractivity contribution in [2.24, 2.45) is 0 Å². The molecular weight excluding hydrogens is 345 g/mol. The summed E-state index contributed by atoms with van der Waals surface area (Å²) >= 11 is 11.8. The minimum absolute atomic E-state index is 0.0497. The Morgan fingerprint density at radius 2 is 2.00 bits per heavy atom. The third-order valence-corrected chi connectivity index (χ3v) is 3.53. The van der Waals surface area contributed by atoms with Gasteiger partial charge in [-0.1, -0.05) is 23.2 Å². The molecule has 0 bridgehead atoms. The summed E-state index contributed by atoms with van der Waals surface area (Å²) in [5, 5.41) is 9.68. The molecule has 6 nitrogen and oxygen atoms in total. The number of aliphatic hydroxyl groups is 1. The van der Waals surface area contributed by atoms with Crippen molar-refractivity contribution >= 4 is 35.1 Å². The fourth-order valence-electron chi connectivity index (χ4n) is 1.77. The van der Waals surface area contributed by atoms with Crippen LogP contribution in [0.25, 0.3) is 0 Å². The predicted octanol–water partition coefficient (Wildman–Crippen LogP) is 2.15. The highest BCUT2D eigenvalue weighted by molar-refractivity contribution is 6.35. The molecule has 0 aromatic heterocycles. The molecule has 0 saturated heterocycles. The van der Waals surface area contributed by atoms with Crippen LogP contribution >= 0.6 is 23.2 Å². The van der Waals surface area contributed by atoms with Crippen LogP contribution in [0.2, 0.25) is 10.0 Å². The first-order valence-corrected chi connectivity index (χ1v) is 7.76. The lowest BCUT2D eigenvalue weighted by Crippen LogP contribution is -2.37. The third kappa shape index (κ3) is 7.07. The third-order valence-electron chi connectivity index (χ3n) is 3.00. The molecule has 0 aliphatic rings. The highest BCUT2D eigenvalue weighted by Crippen LogP contribution is 2.27. The van der Waals surface area contributed by atoms with E-state index in [0.717, 1.165) is 0 Å². The summed E-state index contributed by atoms with van der Waals surface area (Å²) in [5.41, 5.74) is 0. The number of ether oxygens (including phenoxy) is 2. The summed E-state index contributed by atoms with van der Waals surface area (Å²) in [7, 11) is 1.29. The van der Waals surface area contributed by atoms with Gasteiger partial charge in [0, 0.05) is 24.7 Å². The average molecular weight is 364 g/mol. The maximum absolute atomic E-state index is 12.2. The Hall–Kier alpha value is -1.50. The van der Waals surface area contributed by atoms with E-state index in [1.807, 2.05) is 0 Å². The molecule has 1 aromatic carbocycles. The van der Waals surface area contributed by atoms with Crippen molar-refractivity contribution in [2.75, 3.05) is 33.4 Å². The van der Waals surface area contributed by atoms with E-state index in [0.29, 0.717) is 28.8 Å². The zero-order valence-electron chi connectivity index (χ0n) is 12.8. The van der Waals surface area contributed by atoms with E-state index in [1.165, 1.54) is 18.1 Å². The van der Waals surface area contributed by atoms with E-state index < -0.39 is 5.97 Å². The zero-order valence-corrected chi connectivity index (χ0v) is 14.3. The molecule has 1 rings (SSSR count). The van der Waals surface area contributed by atoms with E-state index in [4.69, 9.17) is 33.0 Å². The Kier molecular flexibility index (Phi) is 8.76. The Labute approximate surface area is 144 Å². The van der Waals surface area contributed by atoms with E-state index in [9.17, 15) is 9.59 Å². The van der Waals surface area contributed by atoms with Gasteiger partial charge in [-0.25, -0.2) is 0 Å². The van der Waals surface area contributed by atoms with Gasteiger partial charge in [-0.3, -0.25) is 9.59 Å². The Bertz CT molecular complexity index is 539. The van der Waals surface area contributed by atoms with Gasteiger partial charge in [0.25, 0.3) is 5.91 Å². The van der Waals surface area contributed by atoms with Crippen molar-refractivity contribution in [1.29, 1.82) is 0 Å². The molecule has 0 aliphatic carbocycles. The molecule has 0 unspecified atom stereocenters. The van der Waals surface area contributed by atoms with Crippen molar-refractivity contribution in [3.63, 3.8) is 0 Å². The van der Waals surface area contributed by atoms with E-state index in [2.05, 4.69) is 4.74 Å². The number of carbonyl (C=O) groups is 2. The van der Waals surface area contributed by atoms with Crippen LogP contribution in [-0.4, -0.2) is 55.3 Å².